The number of hydrogen-bond donors (Lipinski definition) is 4. The van der Waals surface area contributed by atoms with E-state index in [4.69, 9.17) is 14.2 Å². The van der Waals surface area contributed by atoms with Crippen LogP contribution in [0.2, 0.25) is 0 Å². The second-order valence-electron chi connectivity index (χ2n) is 9.53. The monoisotopic (exact) mass is 595 g/mol. The molecule has 1 fully saturated rings. The minimum atomic E-state index is -1.05. The second kappa shape index (κ2) is 14.8. The number of carbonyl (C=O) groups is 3. The van der Waals surface area contributed by atoms with Crippen molar-refractivity contribution in [3.05, 3.63) is 89.1 Å². The zero-order valence-corrected chi connectivity index (χ0v) is 24.0. The molecule has 4 N–H and O–H groups in total. The lowest BCUT2D eigenvalue weighted by molar-refractivity contribution is -0.268. The number of ether oxygens (including phenoxy) is 3. The van der Waals surface area contributed by atoms with Crippen molar-refractivity contribution < 1.29 is 38.8 Å². The largest absolute Gasteiger partial charge is 0.478 e. The van der Waals surface area contributed by atoms with Gasteiger partial charge in [-0.25, -0.2) is 14.6 Å². The fourth-order valence-electron chi connectivity index (χ4n) is 4.44. The number of aromatic carboxylic acids is 1. The summed E-state index contributed by atoms with van der Waals surface area (Å²) in [5.41, 5.74) is 2.92. The van der Waals surface area contributed by atoms with Crippen LogP contribution in [0.3, 0.4) is 0 Å². The van der Waals surface area contributed by atoms with E-state index >= 15 is 0 Å². The molecular weight excluding hydrogens is 562 g/mol. The van der Waals surface area contributed by atoms with Crippen LogP contribution < -0.4 is 10.6 Å². The summed E-state index contributed by atoms with van der Waals surface area (Å²) in [7, 11) is 0. The molecular formula is C30H33N3O8S. The van der Waals surface area contributed by atoms with E-state index in [0.717, 1.165) is 11.1 Å². The van der Waals surface area contributed by atoms with E-state index in [0.29, 0.717) is 22.0 Å². The summed E-state index contributed by atoms with van der Waals surface area (Å²) in [6, 6.07) is 17.0. The molecule has 1 aliphatic rings. The van der Waals surface area contributed by atoms with Gasteiger partial charge in [0.1, 0.15) is 11.6 Å². The van der Waals surface area contributed by atoms with Crippen LogP contribution in [0, 0.1) is 5.92 Å². The van der Waals surface area contributed by atoms with Crippen LogP contribution in [0.25, 0.3) is 0 Å². The van der Waals surface area contributed by atoms with Crippen LogP contribution in [0.4, 0.5) is 10.5 Å². The molecule has 222 valence electrons. The molecule has 11 nitrogen and oxygen atoms in total. The molecule has 42 heavy (non-hydrogen) atoms. The van der Waals surface area contributed by atoms with E-state index in [1.165, 1.54) is 17.8 Å². The highest BCUT2D eigenvalue weighted by molar-refractivity contribution is 7.99. The third kappa shape index (κ3) is 8.07. The Bertz CT molecular complexity index is 1390. The molecule has 2 aromatic carbocycles. The average Bonchev–Trinajstić information content (AvgIpc) is 3.00. The minimum absolute atomic E-state index is 0.0739. The molecule has 0 saturated carbocycles. The minimum Gasteiger partial charge on any atom is -0.478 e. The van der Waals surface area contributed by atoms with Crippen molar-refractivity contribution in [2.24, 2.45) is 5.92 Å². The summed E-state index contributed by atoms with van der Waals surface area (Å²) in [5, 5.41) is 24.6. The van der Waals surface area contributed by atoms with Gasteiger partial charge in [0.2, 0.25) is 0 Å². The van der Waals surface area contributed by atoms with Gasteiger partial charge in [0, 0.05) is 29.1 Å². The number of amides is 2. The van der Waals surface area contributed by atoms with Crippen molar-refractivity contribution in [2.45, 2.75) is 44.0 Å². The fourth-order valence-corrected chi connectivity index (χ4v) is 5.59. The van der Waals surface area contributed by atoms with Crippen LogP contribution in [0.15, 0.2) is 71.9 Å². The van der Waals surface area contributed by atoms with Crippen LogP contribution in [-0.4, -0.2) is 58.2 Å². The van der Waals surface area contributed by atoms with E-state index < -0.39 is 24.3 Å². The van der Waals surface area contributed by atoms with Gasteiger partial charge in [-0.2, -0.15) is 0 Å². The second-order valence-corrected chi connectivity index (χ2v) is 10.5. The van der Waals surface area contributed by atoms with Gasteiger partial charge in [-0.3, -0.25) is 4.79 Å². The number of anilines is 1. The summed E-state index contributed by atoms with van der Waals surface area (Å²) in [4.78, 5) is 39.8. The molecule has 0 radical (unpaired) electrons. The maximum Gasteiger partial charge on any atom is 0.338 e. The van der Waals surface area contributed by atoms with Crippen molar-refractivity contribution >= 4 is 35.4 Å². The normalized spacial score (nSPS) is 20.0. The first-order valence-corrected chi connectivity index (χ1v) is 14.4. The highest BCUT2D eigenvalue weighted by Crippen LogP contribution is 2.43. The Balaban J connectivity index is 1.54. The Morgan fingerprint density at radius 3 is 2.55 bits per heavy atom. The van der Waals surface area contributed by atoms with Gasteiger partial charge in [0.25, 0.3) is 0 Å². The number of aliphatic hydroxyl groups excluding tert-OH is 1. The number of urea groups is 1. The van der Waals surface area contributed by atoms with Crippen molar-refractivity contribution in [3.8, 4) is 0 Å². The number of aromatic nitrogens is 1. The highest BCUT2D eigenvalue weighted by atomic mass is 32.2. The van der Waals surface area contributed by atoms with Crippen LogP contribution in [-0.2, 0) is 25.6 Å². The molecule has 4 atom stereocenters. The summed E-state index contributed by atoms with van der Waals surface area (Å²) in [6.45, 7) is 3.58. The molecule has 0 aliphatic carbocycles. The number of carbonyl (C=O) groups excluding carboxylic acids is 2. The number of nitrogens with zero attached hydrogens (tertiary/aromatic N) is 1. The predicted octanol–water partition coefficient (Wildman–Crippen LogP) is 4.54. The first-order chi connectivity index (χ1) is 20.3. The Morgan fingerprint density at radius 1 is 1.05 bits per heavy atom. The van der Waals surface area contributed by atoms with Gasteiger partial charge in [-0.15, -0.1) is 11.8 Å². The van der Waals surface area contributed by atoms with E-state index in [2.05, 4.69) is 15.6 Å². The van der Waals surface area contributed by atoms with E-state index in [9.17, 15) is 24.6 Å². The zero-order valence-electron chi connectivity index (χ0n) is 23.2. The maximum absolute atomic E-state index is 12.3. The molecule has 2 amide bonds. The van der Waals surface area contributed by atoms with Gasteiger partial charge >= 0.3 is 18.0 Å². The summed E-state index contributed by atoms with van der Waals surface area (Å²) < 4.78 is 17.7. The maximum atomic E-state index is 12.3. The number of nitrogens with one attached hydrogen (secondary N) is 2. The third-order valence-electron chi connectivity index (χ3n) is 6.62. The third-order valence-corrected chi connectivity index (χ3v) is 7.72. The summed E-state index contributed by atoms with van der Waals surface area (Å²) >= 11 is 1.30. The molecule has 0 spiro atoms. The summed E-state index contributed by atoms with van der Waals surface area (Å²) in [5.74, 6) is -1.30. The number of rotatable bonds is 11. The number of aliphatic hydroxyl groups is 1. The number of esters is 1. The fraction of sp³-hybridized carbons (Fsp3) is 0.333. The number of benzene rings is 2. The van der Waals surface area contributed by atoms with Gasteiger partial charge in [0.05, 0.1) is 31.0 Å². The van der Waals surface area contributed by atoms with Crippen LogP contribution in [0.1, 0.15) is 53.3 Å². The predicted molar refractivity (Wildman–Crippen MR) is 155 cm³/mol. The van der Waals surface area contributed by atoms with Crippen molar-refractivity contribution in [1.82, 2.24) is 10.3 Å². The summed E-state index contributed by atoms with van der Waals surface area (Å²) in [6.07, 6.45) is 0.0127. The van der Waals surface area contributed by atoms with Crippen LogP contribution >= 0.6 is 11.8 Å². The molecule has 1 aromatic heterocycles. The zero-order chi connectivity index (χ0) is 30.1. The van der Waals surface area contributed by atoms with Gasteiger partial charge in [-0.05, 0) is 42.3 Å². The number of carboxylic acids is 1. The van der Waals surface area contributed by atoms with Gasteiger partial charge in [0.15, 0.2) is 6.29 Å². The van der Waals surface area contributed by atoms with Crippen LogP contribution in [0.5, 0.6) is 0 Å². The molecule has 1 aliphatic heterocycles. The molecule has 1 saturated heterocycles. The Hall–Kier alpha value is -3.97. The highest BCUT2D eigenvalue weighted by Gasteiger charge is 2.38. The van der Waals surface area contributed by atoms with Crippen molar-refractivity contribution in [3.63, 3.8) is 0 Å². The average molecular weight is 596 g/mol. The van der Waals surface area contributed by atoms with Crippen molar-refractivity contribution in [1.29, 1.82) is 0 Å². The lowest BCUT2D eigenvalue weighted by atomic mass is 9.91. The first kappa shape index (κ1) is 31.0. The topological polar surface area (TPSA) is 156 Å². The Morgan fingerprint density at radius 2 is 1.83 bits per heavy atom. The molecule has 2 heterocycles. The number of pyridine rings is 1. The smallest absolute Gasteiger partial charge is 0.338 e. The first-order valence-electron chi connectivity index (χ1n) is 13.4. The SMILES string of the molecule is CCOC(=O)CNC(=O)Nc1cccc([C@H]2O[C@@H](CSc3ncccc3C(=O)O)[C@@H](C)[C@@H](c3ccc(CO)cc3)O2)c1. The standard InChI is InChI=1S/C30H33N3O8S/c1-3-39-25(35)15-32-30(38)33-22-7-4-6-21(14-22)29-40-24(17-42-27-23(28(36)37)8-5-13-31-27)18(2)26(41-29)20-11-9-19(16-34)10-12-20/h4-14,18,24,26,29,34H,3,15-17H2,1-2H3,(H,36,37)(H2,32,33,38)/t18-,24+,26+,29+/m1/s1. The molecule has 0 bridgehead atoms. The van der Waals surface area contributed by atoms with E-state index in [1.807, 2.05) is 37.3 Å². The number of hydrogen-bond acceptors (Lipinski definition) is 9. The Kier molecular flexibility index (Phi) is 10.9. The lowest BCUT2D eigenvalue weighted by Crippen LogP contribution is -2.38. The number of thioether (sulfide) groups is 1. The van der Waals surface area contributed by atoms with Crippen molar-refractivity contribution in [2.75, 3.05) is 24.2 Å². The lowest BCUT2D eigenvalue weighted by Gasteiger charge is -2.41. The molecule has 3 aromatic rings. The van der Waals surface area contributed by atoms with Gasteiger partial charge < -0.3 is 35.1 Å². The molecule has 0 unspecified atom stereocenters. The van der Waals surface area contributed by atoms with E-state index in [-0.39, 0.29) is 43.4 Å². The number of carboxylic acid groups (broad SMARTS) is 1. The molecule has 4 rings (SSSR count). The van der Waals surface area contributed by atoms with Gasteiger partial charge in [-0.1, -0.05) is 43.3 Å². The quantitative estimate of drug-likeness (QED) is 0.183. The van der Waals surface area contributed by atoms with E-state index in [1.54, 1.807) is 37.4 Å². The molecule has 12 heteroatoms. The Labute approximate surface area is 247 Å².